The smallest absolute Gasteiger partial charge is 0.320 e. The van der Waals surface area contributed by atoms with E-state index in [1.54, 1.807) is 6.33 Å². The number of para-hydroxylation sites is 1. The molecule has 2 aromatic heterocycles. The van der Waals surface area contributed by atoms with E-state index in [4.69, 9.17) is 4.42 Å². The van der Waals surface area contributed by atoms with Crippen molar-refractivity contribution in [2.24, 2.45) is 0 Å². The van der Waals surface area contributed by atoms with Crippen molar-refractivity contribution in [2.75, 3.05) is 10.6 Å². The molecule has 0 amide bonds. The zero-order valence-corrected chi connectivity index (χ0v) is 13.7. The van der Waals surface area contributed by atoms with Crippen LogP contribution in [0.1, 0.15) is 31.9 Å². The molecule has 0 aliphatic rings. The van der Waals surface area contributed by atoms with Crippen molar-refractivity contribution in [3.63, 3.8) is 0 Å². The molecule has 7 heteroatoms. The van der Waals surface area contributed by atoms with Gasteiger partial charge in [-0.25, -0.2) is 9.97 Å². The second-order valence-corrected chi connectivity index (χ2v) is 5.52. The maximum absolute atomic E-state index is 5.62. The van der Waals surface area contributed by atoms with E-state index >= 15 is 0 Å². The van der Waals surface area contributed by atoms with Gasteiger partial charge < -0.3 is 15.1 Å². The summed E-state index contributed by atoms with van der Waals surface area (Å²) in [5.74, 6) is 1.30. The van der Waals surface area contributed by atoms with Crippen molar-refractivity contribution in [3.8, 4) is 0 Å². The molecule has 0 spiro atoms. The highest BCUT2D eigenvalue weighted by Crippen LogP contribution is 2.16. The molecule has 0 radical (unpaired) electrons. The maximum Gasteiger partial charge on any atom is 0.320 e. The van der Waals surface area contributed by atoms with Crippen LogP contribution in [0.2, 0.25) is 0 Å². The van der Waals surface area contributed by atoms with E-state index in [9.17, 15) is 0 Å². The fraction of sp³-hybridized carbons (Fsp3) is 0.294. The fourth-order valence-corrected chi connectivity index (χ4v) is 2.10. The third kappa shape index (κ3) is 4.28. The minimum absolute atomic E-state index is 0.359. The Balaban J connectivity index is 1.65. The molecule has 3 rings (SSSR count). The first-order chi connectivity index (χ1) is 11.7. The van der Waals surface area contributed by atoms with Gasteiger partial charge in [-0.15, -0.1) is 5.10 Å². The van der Waals surface area contributed by atoms with Crippen LogP contribution in [0.4, 0.5) is 17.5 Å². The normalized spacial score (nSPS) is 11.9. The molecule has 0 aliphatic heterocycles. The van der Waals surface area contributed by atoms with Gasteiger partial charge in [0.05, 0.1) is 12.1 Å². The second-order valence-electron chi connectivity index (χ2n) is 5.52. The molecule has 0 saturated heterocycles. The summed E-state index contributed by atoms with van der Waals surface area (Å²) in [6.45, 7) is 4.24. The summed E-state index contributed by atoms with van der Waals surface area (Å²) in [4.78, 5) is 8.49. The molecule has 1 unspecified atom stereocenters. The minimum Gasteiger partial charge on any atom is -0.407 e. The van der Waals surface area contributed by atoms with Crippen LogP contribution in [0.15, 0.2) is 47.1 Å². The van der Waals surface area contributed by atoms with Gasteiger partial charge in [0.25, 0.3) is 0 Å². The van der Waals surface area contributed by atoms with Gasteiger partial charge in [0, 0.05) is 17.8 Å². The first-order valence-electron chi connectivity index (χ1n) is 7.95. The number of nitrogens with zero attached hydrogens (tertiary/aromatic N) is 4. The van der Waals surface area contributed by atoms with Crippen LogP contribution in [0, 0.1) is 0 Å². The lowest BCUT2D eigenvalue weighted by Gasteiger charge is -2.11. The SMILES string of the molecule is CCC(C)Nc1cc(Cc2nnc(Nc3ccccc3)o2)ncn1. The monoisotopic (exact) mass is 324 g/mol. The summed E-state index contributed by atoms with van der Waals surface area (Å²) in [7, 11) is 0. The lowest BCUT2D eigenvalue weighted by molar-refractivity contribution is 0.519. The predicted octanol–water partition coefficient (Wildman–Crippen LogP) is 3.40. The molecule has 0 fully saturated rings. The van der Waals surface area contributed by atoms with Gasteiger partial charge in [-0.2, -0.15) is 0 Å². The van der Waals surface area contributed by atoms with E-state index in [1.807, 2.05) is 36.4 Å². The van der Waals surface area contributed by atoms with Crippen LogP contribution < -0.4 is 10.6 Å². The van der Waals surface area contributed by atoms with Crippen molar-refractivity contribution >= 4 is 17.5 Å². The van der Waals surface area contributed by atoms with E-state index in [1.165, 1.54) is 0 Å². The van der Waals surface area contributed by atoms with E-state index < -0.39 is 0 Å². The first-order valence-corrected chi connectivity index (χ1v) is 7.95. The molecular formula is C17H20N6O. The zero-order chi connectivity index (χ0) is 16.8. The number of rotatable bonds is 7. The molecule has 0 bridgehead atoms. The molecule has 2 heterocycles. The van der Waals surface area contributed by atoms with Gasteiger partial charge in [-0.3, -0.25) is 0 Å². The lowest BCUT2D eigenvalue weighted by atomic mass is 10.2. The van der Waals surface area contributed by atoms with Crippen LogP contribution in [-0.4, -0.2) is 26.2 Å². The predicted molar refractivity (Wildman–Crippen MR) is 92.2 cm³/mol. The molecule has 3 aromatic rings. The van der Waals surface area contributed by atoms with Crippen molar-refractivity contribution in [1.29, 1.82) is 0 Å². The zero-order valence-electron chi connectivity index (χ0n) is 13.7. The van der Waals surface area contributed by atoms with Crippen LogP contribution in [0.25, 0.3) is 0 Å². The van der Waals surface area contributed by atoms with E-state index in [0.717, 1.165) is 23.6 Å². The molecule has 0 saturated carbocycles. The van der Waals surface area contributed by atoms with Crippen molar-refractivity contribution in [2.45, 2.75) is 32.7 Å². The van der Waals surface area contributed by atoms with E-state index in [-0.39, 0.29) is 0 Å². The number of benzene rings is 1. The summed E-state index contributed by atoms with van der Waals surface area (Å²) in [5.41, 5.74) is 1.72. The van der Waals surface area contributed by atoms with Crippen LogP contribution in [0.5, 0.6) is 0 Å². The Bertz CT molecular complexity index is 774. The van der Waals surface area contributed by atoms with Crippen LogP contribution in [0.3, 0.4) is 0 Å². The Morgan fingerprint density at radius 2 is 1.96 bits per heavy atom. The Hall–Kier alpha value is -2.96. The van der Waals surface area contributed by atoms with Crippen LogP contribution in [-0.2, 0) is 6.42 Å². The first kappa shape index (κ1) is 15.9. The number of nitrogens with one attached hydrogen (secondary N) is 2. The standard InChI is InChI=1S/C17H20N6O/c1-3-12(2)20-15-9-14(18-11-19-15)10-16-22-23-17(24-16)21-13-7-5-4-6-8-13/h4-9,11-12H,3,10H2,1-2H3,(H,21,23)(H,18,19,20). The van der Waals surface area contributed by atoms with Crippen molar-refractivity contribution < 1.29 is 4.42 Å². The Morgan fingerprint density at radius 3 is 2.75 bits per heavy atom. The molecular weight excluding hydrogens is 304 g/mol. The number of hydrogen-bond acceptors (Lipinski definition) is 7. The third-order valence-electron chi connectivity index (χ3n) is 3.55. The Morgan fingerprint density at radius 1 is 1.12 bits per heavy atom. The van der Waals surface area contributed by atoms with Crippen molar-refractivity contribution in [3.05, 3.63) is 54.3 Å². The van der Waals surface area contributed by atoms with E-state index in [0.29, 0.717) is 24.4 Å². The average molecular weight is 324 g/mol. The Labute approximate surface area is 140 Å². The molecule has 24 heavy (non-hydrogen) atoms. The molecule has 0 aliphatic carbocycles. The summed E-state index contributed by atoms with van der Waals surface area (Å²) in [6.07, 6.45) is 3.03. The average Bonchev–Trinajstić information content (AvgIpc) is 3.03. The summed E-state index contributed by atoms with van der Waals surface area (Å²) in [5, 5.41) is 14.5. The molecule has 124 valence electrons. The summed E-state index contributed by atoms with van der Waals surface area (Å²) < 4.78 is 5.62. The highest BCUT2D eigenvalue weighted by atomic mass is 16.4. The largest absolute Gasteiger partial charge is 0.407 e. The highest BCUT2D eigenvalue weighted by molar-refractivity contribution is 5.51. The van der Waals surface area contributed by atoms with E-state index in [2.05, 4.69) is 44.6 Å². The lowest BCUT2D eigenvalue weighted by Crippen LogP contribution is -2.14. The summed E-state index contributed by atoms with van der Waals surface area (Å²) in [6, 6.07) is 12.3. The van der Waals surface area contributed by atoms with Gasteiger partial charge in [0.1, 0.15) is 12.1 Å². The van der Waals surface area contributed by atoms with Gasteiger partial charge in [0.2, 0.25) is 5.89 Å². The molecule has 2 N–H and O–H groups in total. The fourth-order valence-electron chi connectivity index (χ4n) is 2.10. The molecule has 1 aromatic carbocycles. The van der Waals surface area contributed by atoms with Gasteiger partial charge in [-0.1, -0.05) is 30.2 Å². The van der Waals surface area contributed by atoms with Crippen LogP contribution >= 0.6 is 0 Å². The van der Waals surface area contributed by atoms with Gasteiger partial charge in [0.15, 0.2) is 0 Å². The quantitative estimate of drug-likeness (QED) is 0.688. The second kappa shape index (κ2) is 7.54. The molecule has 1 atom stereocenters. The number of anilines is 3. The number of hydrogen-bond donors (Lipinski definition) is 2. The summed E-state index contributed by atoms with van der Waals surface area (Å²) >= 11 is 0. The van der Waals surface area contributed by atoms with Gasteiger partial charge >= 0.3 is 6.01 Å². The van der Waals surface area contributed by atoms with Crippen molar-refractivity contribution in [1.82, 2.24) is 20.2 Å². The highest BCUT2D eigenvalue weighted by Gasteiger charge is 2.09. The van der Waals surface area contributed by atoms with Gasteiger partial charge in [-0.05, 0) is 25.5 Å². The maximum atomic E-state index is 5.62. The minimum atomic E-state index is 0.359. The topological polar surface area (TPSA) is 88.8 Å². The number of aromatic nitrogens is 4. The molecule has 7 nitrogen and oxygen atoms in total. The Kier molecular flexibility index (Phi) is 5.00. The third-order valence-corrected chi connectivity index (χ3v) is 3.55.